The third-order valence-corrected chi connectivity index (χ3v) is 7.28. The van der Waals surface area contributed by atoms with Crippen molar-refractivity contribution in [2.75, 3.05) is 0 Å². The van der Waals surface area contributed by atoms with Crippen LogP contribution in [0.25, 0.3) is 22.3 Å². The molecule has 0 saturated carbocycles. The number of aromatic nitrogens is 2. The molecule has 6 heteroatoms. The molecule has 198 valence electrons. The molecule has 0 bridgehead atoms. The summed E-state index contributed by atoms with van der Waals surface area (Å²) in [6, 6.07) is 23.4. The maximum atomic E-state index is 14.0. The van der Waals surface area contributed by atoms with Gasteiger partial charge in [0.1, 0.15) is 17.2 Å². The number of nitrogens with zero attached hydrogens (tertiary/aromatic N) is 3. The Bertz CT molecular complexity index is 1630. The van der Waals surface area contributed by atoms with E-state index < -0.39 is 11.7 Å². The first-order valence-electron chi connectivity index (χ1n) is 13.4. The number of benzene rings is 3. The van der Waals surface area contributed by atoms with Crippen LogP contribution in [-0.2, 0) is 13.0 Å². The molecule has 1 aliphatic rings. The zero-order valence-corrected chi connectivity index (χ0v) is 22.9. The lowest BCUT2D eigenvalue weighted by Crippen LogP contribution is -2.34. The molecular formula is C33H33N3O3. The largest absolute Gasteiger partial charge is 0.487 e. The van der Waals surface area contributed by atoms with Crippen molar-refractivity contribution in [3.8, 4) is 34.1 Å². The number of hydrogen-bond donors (Lipinski definition) is 1. The molecule has 6 nitrogen and oxygen atoms in total. The summed E-state index contributed by atoms with van der Waals surface area (Å²) in [6.45, 7) is 8.26. The van der Waals surface area contributed by atoms with Crippen molar-refractivity contribution in [1.82, 2.24) is 9.55 Å². The van der Waals surface area contributed by atoms with Crippen molar-refractivity contribution in [1.29, 1.82) is 5.26 Å². The molecule has 0 radical (unpaired) electrons. The van der Waals surface area contributed by atoms with E-state index >= 15 is 0 Å². The first-order valence-corrected chi connectivity index (χ1v) is 13.4. The number of aryl methyl sites for hydroxylation is 2. The monoisotopic (exact) mass is 519 g/mol. The second kappa shape index (κ2) is 10.5. The summed E-state index contributed by atoms with van der Waals surface area (Å²) in [7, 11) is 0. The molecular weight excluding hydrogens is 486 g/mol. The van der Waals surface area contributed by atoms with Crippen molar-refractivity contribution < 1.29 is 9.84 Å². The van der Waals surface area contributed by atoms with Crippen LogP contribution >= 0.6 is 0 Å². The van der Waals surface area contributed by atoms with Gasteiger partial charge in [-0.05, 0) is 67.6 Å². The molecule has 0 spiro atoms. The summed E-state index contributed by atoms with van der Waals surface area (Å²) in [6.07, 6.45) is 1.38. The van der Waals surface area contributed by atoms with Crippen LogP contribution < -0.4 is 10.3 Å². The van der Waals surface area contributed by atoms with Crippen molar-refractivity contribution in [2.24, 2.45) is 0 Å². The predicted octanol–water partition coefficient (Wildman–Crippen LogP) is 6.35. The molecule has 1 unspecified atom stereocenters. The van der Waals surface area contributed by atoms with E-state index in [4.69, 9.17) is 9.72 Å². The molecule has 0 amide bonds. The molecule has 1 N–H and O–H groups in total. The van der Waals surface area contributed by atoms with Gasteiger partial charge in [-0.3, -0.25) is 9.36 Å². The highest BCUT2D eigenvalue weighted by molar-refractivity contribution is 5.71. The average Bonchev–Trinajstić information content (AvgIpc) is 2.91. The van der Waals surface area contributed by atoms with E-state index in [2.05, 4.69) is 13.0 Å². The van der Waals surface area contributed by atoms with Gasteiger partial charge in [-0.1, -0.05) is 55.5 Å². The van der Waals surface area contributed by atoms with E-state index in [1.807, 2.05) is 87.5 Å². The Kier molecular flexibility index (Phi) is 7.12. The van der Waals surface area contributed by atoms with Crippen LogP contribution in [0.5, 0.6) is 5.75 Å². The van der Waals surface area contributed by atoms with Crippen LogP contribution in [0.2, 0.25) is 0 Å². The third-order valence-electron chi connectivity index (χ3n) is 7.28. The van der Waals surface area contributed by atoms with Gasteiger partial charge in [0.2, 0.25) is 0 Å². The zero-order valence-electron chi connectivity index (χ0n) is 22.9. The zero-order chi connectivity index (χ0) is 27.7. The van der Waals surface area contributed by atoms with Gasteiger partial charge in [0.15, 0.2) is 0 Å². The maximum Gasteiger partial charge on any atom is 0.261 e. The Morgan fingerprint density at radius 2 is 1.82 bits per heavy atom. The lowest BCUT2D eigenvalue weighted by Gasteiger charge is -2.35. The highest BCUT2D eigenvalue weighted by atomic mass is 16.5. The fourth-order valence-electron chi connectivity index (χ4n) is 5.40. The highest BCUT2D eigenvalue weighted by Gasteiger charge is 2.33. The molecule has 3 aromatic carbocycles. The standard InChI is InChI=1S/C33H33N3O3/c1-5-8-30-35-21(2)31(24-15-16-29-27(17-24)28(37)18-33(3,4)39-29)32(38)36(30)20-22-11-13-23(14-12-22)26-10-7-6-9-25(26)19-34/h6-7,9-17,28,37H,5,8,18,20H2,1-4H3. The van der Waals surface area contributed by atoms with Crippen LogP contribution in [0.1, 0.15) is 67.9 Å². The summed E-state index contributed by atoms with van der Waals surface area (Å²) < 4.78 is 7.84. The first-order chi connectivity index (χ1) is 18.7. The molecule has 0 fully saturated rings. The van der Waals surface area contributed by atoms with Crippen LogP contribution in [-0.4, -0.2) is 20.3 Å². The predicted molar refractivity (Wildman–Crippen MR) is 153 cm³/mol. The third kappa shape index (κ3) is 5.23. The van der Waals surface area contributed by atoms with Gasteiger partial charge in [0.05, 0.1) is 35.5 Å². The van der Waals surface area contributed by atoms with Gasteiger partial charge < -0.3 is 9.84 Å². The minimum atomic E-state index is -0.664. The highest BCUT2D eigenvalue weighted by Crippen LogP contribution is 2.41. The molecule has 4 aromatic rings. The lowest BCUT2D eigenvalue weighted by molar-refractivity contribution is 0.0116. The Balaban J connectivity index is 1.54. The van der Waals surface area contributed by atoms with Gasteiger partial charge in [0.25, 0.3) is 5.56 Å². The van der Waals surface area contributed by atoms with Crippen molar-refractivity contribution in [3.05, 3.63) is 105 Å². The van der Waals surface area contributed by atoms with Gasteiger partial charge in [-0.15, -0.1) is 0 Å². The molecule has 1 aliphatic heterocycles. The molecule has 39 heavy (non-hydrogen) atoms. The second-order valence-electron chi connectivity index (χ2n) is 10.8. The van der Waals surface area contributed by atoms with E-state index in [1.54, 1.807) is 4.57 Å². The number of aliphatic hydroxyl groups is 1. The molecule has 0 aliphatic carbocycles. The average molecular weight is 520 g/mol. The van der Waals surface area contributed by atoms with E-state index in [-0.39, 0.29) is 5.56 Å². The Morgan fingerprint density at radius 3 is 2.54 bits per heavy atom. The summed E-state index contributed by atoms with van der Waals surface area (Å²) >= 11 is 0. The van der Waals surface area contributed by atoms with E-state index in [1.165, 1.54) is 0 Å². The number of hydrogen-bond acceptors (Lipinski definition) is 5. The minimum absolute atomic E-state index is 0.101. The van der Waals surface area contributed by atoms with Gasteiger partial charge >= 0.3 is 0 Å². The Labute approximate surface area is 229 Å². The van der Waals surface area contributed by atoms with Crippen LogP contribution in [0.4, 0.5) is 0 Å². The van der Waals surface area contributed by atoms with Crippen LogP contribution in [0.15, 0.2) is 71.5 Å². The topological polar surface area (TPSA) is 88.1 Å². The number of ether oxygens (including phenoxy) is 1. The lowest BCUT2D eigenvalue weighted by atomic mass is 9.90. The van der Waals surface area contributed by atoms with Crippen molar-refractivity contribution >= 4 is 0 Å². The van der Waals surface area contributed by atoms with Gasteiger partial charge in [0, 0.05) is 18.4 Å². The SMILES string of the molecule is CCCc1nc(C)c(-c2ccc3c(c2)C(O)CC(C)(C)O3)c(=O)n1Cc1ccc(-c2ccccc2C#N)cc1. The number of aliphatic hydroxyl groups excluding tert-OH is 1. The smallest absolute Gasteiger partial charge is 0.261 e. The molecule has 0 saturated heterocycles. The maximum absolute atomic E-state index is 14.0. The summed E-state index contributed by atoms with van der Waals surface area (Å²) in [5.74, 6) is 1.40. The van der Waals surface area contributed by atoms with E-state index in [0.29, 0.717) is 47.5 Å². The second-order valence-corrected chi connectivity index (χ2v) is 10.8. The van der Waals surface area contributed by atoms with Crippen LogP contribution in [0.3, 0.4) is 0 Å². The molecule has 2 heterocycles. The fraction of sp³-hybridized carbons (Fsp3) is 0.303. The number of rotatable bonds is 6. The van der Waals surface area contributed by atoms with E-state index in [0.717, 1.165) is 34.5 Å². The summed E-state index contributed by atoms with van der Waals surface area (Å²) in [4.78, 5) is 18.9. The summed E-state index contributed by atoms with van der Waals surface area (Å²) in [5.41, 5.74) is 5.53. The number of fused-ring (bicyclic) bond motifs is 1. The molecule has 1 atom stereocenters. The Morgan fingerprint density at radius 1 is 1.10 bits per heavy atom. The Hall–Kier alpha value is -4.21. The minimum Gasteiger partial charge on any atom is -0.487 e. The quantitative estimate of drug-likeness (QED) is 0.321. The molecule has 1 aromatic heterocycles. The fourth-order valence-corrected chi connectivity index (χ4v) is 5.40. The van der Waals surface area contributed by atoms with Crippen LogP contribution in [0, 0.1) is 18.3 Å². The van der Waals surface area contributed by atoms with Gasteiger partial charge in [-0.25, -0.2) is 4.98 Å². The number of nitriles is 1. The first kappa shape index (κ1) is 26.4. The van der Waals surface area contributed by atoms with E-state index in [9.17, 15) is 15.2 Å². The van der Waals surface area contributed by atoms with Crippen molar-refractivity contribution in [2.45, 2.75) is 65.2 Å². The molecule has 5 rings (SSSR count). The summed E-state index contributed by atoms with van der Waals surface area (Å²) in [5, 5.41) is 20.3. The normalized spacial score (nSPS) is 15.7. The van der Waals surface area contributed by atoms with Crippen molar-refractivity contribution in [3.63, 3.8) is 0 Å². The van der Waals surface area contributed by atoms with Gasteiger partial charge in [-0.2, -0.15) is 5.26 Å².